The summed E-state index contributed by atoms with van der Waals surface area (Å²) in [5, 5.41) is 7.45. The van der Waals surface area contributed by atoms with Crippen LogP contribution in [0, 0.1) is 19.7 Å². The molecule has 2 aromatic heterocycles. The van der Waals surface area contributed by atoms with Crippen LogP contribution in [-0.4, -0.2) is 52.8 Å². The molecule has 1 atom stereocenters. The second kappa shape index (κ2) is 9.17. The first-order chi connectivity index (χ1) is 15.4. The number of thiazole rings is 1. The van der Waals surface area contributed by atoms with E-state index in [1.165, 1.54) is 23.5 Å². The van der Waals surface area contributed by atoms with Gasteiger partial charge in [-0.25, -0.2) is 9.37 Å². The van der Waals surface area contributed by atoms with Crippen molar-refractivity contribution in [2.45, 2.75) is 33.4 Å². The lowest BCUT2D eigenvalue weighted by Gasteiger charge is -2.23. The van der Waals surface area contributed by atoms with Crippen LogP contribution in [0.1, 0.15) is 44.2 Å². The van der Waals surface area contributed by atoms with Crippen LogP contribution in [0.2, 0.25) is 0 Å². The minimum absolute atomic E-state index is 0.118. The van der Waals surface area contributed by atoms with Gasteiger partial charge in [-0.1, -0.05) is 24.2 Å². The fraction of sp³-hybridized carbons (Fsp3) is 0.364. The number of ether oxygens (including phenoxy) is 1. The highest BCUT2D eigenvalue weighted by Gasteiger charge is 2.34. The van der Waals surface area contributed by atoms with Gasteiger partial charge in [0.1, 0.15) is 29.1 Å². The number of aryl methyl sites for hydroxylation is 3. The SMILES string of the molecule is CCc1noc(C)c1C(=O)NCC1OCCN1C(=O)c1nc(C)sc1-c1ccc(F)cc1. The van der Waals surface area contributed by atoms with Crippen molar-refractivity contribution in [3.63, 3.8) is 0 Å². The largest absolute Gasteiger partial charge is 0.361 e. The molecule has 1 saturated heterocycles. The van der Waals surface area contributed by atoms with Gasteiger partial charge in [-0.2, -0.15) is 0 Å². The quantitative estimate of drug-likeness (QED) is 0.609. The van der Waals surface area contributed by atoms with E-state index in [0.717, 1.165) is 10.6 Å². The van der Waals surface area contributed by atoms with E-state index in [0.29, 0.717) is 47.2 Å². The lowest BCUT2D eigenvalue weighted by atomic mass is 10.1. The molecule has 1 fully saturated rings. The van der Waals surface area contributed by atoms with Gasteiger partial charge < -0.3 is 19.5 Å². The third kappa shape index (κ3) is 4.28. The Balaban J connectivity index is 1.50. The number of halogens is 1. The molecule has 0 radical (unpaired) electrons. The molecule has 1 N–H and O–H groups in total. The smallest absolute Gasteiger partial charge is 0.276 e. The first-order valence-corrected chi connectivity index (χ1v) is 11.1. The summed E-state index contributed by atoms with van der Waals surface area (Å²) in [5.74, 6) is -0.511. The number of aromatic nitrogens is 2. The van der Waals surface area contributed by atoms with Crippen LogP contribution in [0.25, 0.3) is 10.4 Å². The standard InChI is InChI=1S/C22H23FN4O4S/c1-4-16-18(12(2)31-26-16)21(28)24-11-17-27(9-10-30-17)22(29)19-20(32-13(3)25-19)14-5-7-15(23)8-6-14/h5-8,17H,4,9-11H2,1-3H3,(H,24,28). The van der Waals surface area contributed by atoms with Gasteiger partial charge in [0.15, 0.2) is 0 Å². The Morgan fingerprint density at radius 1 is 1.28 bits per heavy atom. The Morgan fingerprint density at radius 2 is 2.03 bits per heavy atom. The summed E-state index contributed by atoms with van der Waals surface area (Å²) in [7, 11) is 0. The molecular formula is C22H23FN4O4S. The summed E-state index contributed by atoms with van der Waals surface area (Å²) in [6, 6.07) is 5.97. The fourth-order valence-corrected chi connectivity index (χ4v) is 4.56. The van der Waals surface area contributed by atoms with Crippen LogP contribution < -0.4 is 5.32 Å². The molecule has 1 aliphatic rings. The van der Waals surface area contributed by atoms with Crippen molar-refractivity contribution in [3.8, 4) is 10.4 Å². The third-order valence-corrected chi connectivity index (χ3v) is 6.25. The first-order valence-electron chi connectivity index (χ1n) is 10.3. The fourth-order valence-electron chi connectivity index (χ4n) is 3.65. The number of rotatable bonds is 6. The Kier molecular flexibility index (Phi) is 6.33. The van der Waals surface area contributed by atoms with Crippen LogP contribution in [-0.2, 0) is 11.2 Å². The van der Waals surface area contributed by atoms with E-state index in [2.05, 4.69) is 15.5 Å². The van der Waals surface area contributed by atoms with Gasteiger partial charge in [0, 0.05) is 6.54 Å². The van der Waals surface area contributed by atoms with Crippen molar-refractivity contribution >= 4 is 23.2 Å². The summed E-state index contributed by atoms with van der Waals surface area (Å²) in [5.41, 5.74) is 2.02. The molecule has 10 heteroatoms. The Morgan fingerprint density at radius 3 is 2.75 bits per heavy atom. The van der Waals surface area contributed by atoms with Crippen LogP contribution in [0.15, 0.2) is 28.8 Å². The third-order valence-electron chi connectivity index (χ3n) is 5.23. The molecule has 2 amide bonds. The second-order valence-corrected chi connectivity index (χ2v) is 8.57. The van der Waals surface area contributed by atoms with E-state index in [9.17, 15) is 14.0 Å². The lowest BCUT2D eigenvalue weighted by molar-refractivity contribution is 0.0276. The zero-order valence-electron chi connectivity index (χ0n) is 18.0. The van der Waals surface area contributed by atoms with Crippen molar-refractivity contribution < 1.29 is 23.2 Å². The maximum Gasteiger partial charge on any atom is 0.276 e. The van der Waals surface area contributed by atoms with Gasteiger partial charge in [0.2, 0.25) is 0 Å². The Labute approximate surface area is 188 Å². The monoisotopic (exact) mass is 458 g/mol. The topological polar surface area (TPSA) is 97.6 Å². The minimum Gasteiger partial charge on any atom is -0.361 e. The van der Waals surface area contributed by atoms with E-state index in [-0.39, 0.29) is 24.2 Å². The maximum absolute atomic E-state index is 13.3. The molecule has 0 saturated carbocycles. The van der Waals surface area contributed by atoms with Crippen molar-refractivity contribution in [2.75, 3.05) is 19.7 Å². The molecule has 3 heterocycles. The van der Waals surface area contributed by atoms with Crippen molar-refractivity contribution in [1.29, 1.82) is 0 Å². The van der Waals surface area contributed by atoms with E-state index < -0.39 is 6.23 Å². The van der Waals surface area contributed by atoms with Crippen LogP contribution in [0.5, 0.6) is 0 Å². The number of nitrogens with zero attached hydrogens (tertiary/aromatic N) is 3. The van der Waals surface area contributed by atoms with Gasteiger partial charge in [-0.15, -0.1) is 11.3 Å². The molecule has 0 spiro atoms. The van der Waals surface area contributed by atoms with Crippen LogP contribution in [0.4, 0.5) is 4.39 Å². The molecule has 0 aliphatic carbocycles. The number of carbonyl (C=O) groups excluding carboxylic acids is 2. The van der Waals surface area contributed by atoms with E-state index in [1.807, 2.05) is 13.8 Å². The van der Waals surface area contributed by atoms with Crippen molar-refractivity contribution in [2.24, 2.45) is 0 Å². The number of amides is 2. The predicted molar refractivity (Wildman–Crippen MR) is 116 cm³/mol. The average Bonchev–Trinajstić information content (AvgIpc) is 3.50. The minimum atomic E-state index is -0.625. The molecule has 0 bridgehead atoms. The molecule has 1 aromatic carbocycles. The first kappa shape index (κ1) is 22.1. The highest BCUT2D eigenvalue weighted by Crippen LogP contribution is 2.32. The molecule has 1 aliphatic heterocycles. The van der Waals surface area contributed by atoms with E-state index in [4.69, 9.17) is 9.26 Å². The van der Waals surface area contributed by atoms with Gasteiger partial charge in [0.25, 0.3) is 11.8 Å². The summed E-state index contributed by atoms with van der Waals surface area (Å²) in [4.78, 5) is 32.7. The van der Waals surface area contributed by atoms with Gasteiger partial charge in [0.05, 0.1) is 28.7 Å². The Bertz CT molecular complexity index is 1140. The predicted octanol–water partition coefficient (Wildman–Crippen LogP) is 3.34. The summed E-state index contributed by atoms with van der Waals surface area (Å²) < 4.78 is 24.2. The van der Waals surface area contributed by atoms with E-state index in [1.54, 1.807) is 24.0 Å². The zero-order valence-corrected chi connectivity index (χ0v) is 18.8. The molecular weight excluding hydrogens is 435 g/mol. The van der Waals surface area contributed by atoms with Gasteiger partial charge >= 0.3 is 0 Å². The normalized spacial score (nSPS) is 15.9. The van der Waals surface area contributed by atoms with E-state index >= 15 is 0 Å². The molecule has 3 aromatic rings. The summed E-state index contributed by atoms with van der Waals surface area (Å²) in [6.45, 7) is 6.25. The number of hydrogen-bond acceptors (Lipinski definition) is 7. The second-order valence-electron chi connectivity index (χ2n) is 7.37. The molecule has 32 heavy (non-hydrogen) atoms. The summed E-state index contributed by atoms with van der Waals surface area (Å²) in [6.07, 6.45) is -0.0558. The number of benzene rings is 1. The van der Waals surface area contributed by atoms with Crippen LogP contribution >= 0.6 is 11.3 Å². The zero-order chi connectivity index (χ0) is 22.8. The highest BCUT2D eigenvalue weighted by molar-refractivity contribution is 7.15. The number of carbonyl (C=O) groups is 2. The van der Waals surface area contributed by atoms with Crippen LogP contribution in [0.3, 0.4) is 0 Å². The Hall–Kier alpha value is -3.11. The lowest BCUT2D eigenvalue weighted by Crippen LogP contribution is -2.44. The maximum atomic E-state index is 13.3. The van der Waals surface area contributed by atoms with Crippen molar-refractivity contribution in [1.82, 2.24) is 20.4 Å². The van der Waals surface area contributed by atoms with Gasteiger partial charge in [-0.05, 0) is 38.0 Å². The number of nitrogens with one attached hydrogen (secondary N) is 1. The molecule has 4 rings (SSSR count). The number of hydrogen-bond donors (Lipinski definition) is 1. The highest BCUT2D eigenvalue weighted by atomic mass is 32.1. The summed E-state index contributed by atoms with van der Waals surface area (Å²) >= 11 is 1.37. The molecule has 8 nitrogen and oxygen atoms in total. The molecule has 1 unspecified atom stereocenters. The van der Waals surface area contributed by atoms with Crippen molar-refractivity contribution in [3.05, 3.63) is 57.8 Å². The van der Waals surface area contributed by atoms with Gasteiger partial charge in [-0.3, -0.25) is 9.59 Å². The molecule has 168 valence electrons. The average molecular weight is 459 g/mol.